The number of nitrogens with zero attached hydrogens (tertiary/aromatic N) is 1. The van der Waals surface area contributed by atoms with Crippen molar-refractivity contribution >= 4 is 11.9 Å². The molecule has 18 heavy (non-hydrogen) atoms. The van der Waals surface area contributed by atoms with Gasteiger partial charge in [0.2, 0.25) is 0 Å². The molecule has 0 spiro atoms. The lowest BCUT2D eigenvalue weighted by molar-refractivity contribution is -0.140. The molecule has 2 N–H and O–H groups in total. The zero-order valence-corrected chi connectivity index (χ0v) is 11.0. The SMILES string of the molecule is CCc1noc(C)c1C(=O)N[C@@H](C(=O)O)C(C)C. The summed E-state index contributed by atoms with van der Waals surface area (Å²) >= 11 is 0. The number of carboxylic acids is 1. The number of carbonyl (C=O) groups excluding carboxylic acids is 1. The van der Waals surface area contributed by atoms with Gasteiger partial charge in [-0.2, -0.15) is 0 Å². The van der Waals surface area contributed by atoms with Gasteiger partial charge in [-0.25, -0.2) is 4.79 Å². The number of hydrogen-bond donors (Lipinski definition) is 2. The first kappa shape index (κ1) is 14.2. The average molecular weight is 254 g/mol. The summed E-state index contributed by atoms with van der Waals surface area (Å²) in [4.78, 5) is 23.1. The van der Waals surface area contributed by atoms with Crippen molar-refractivity contribution in [3.8, 4) is 0 Å². The molecule has 0 radical (unpaired) electrons. The molecule has 0 aliphatic carbocycles. The molecular formula is C12H18N2O4. The Labute approximate surface area is 105 Å². The number of amides is 1. The second-order valence-corrected chi connectivity index (χ2v) is 4.45. The van der Waals surface area contributed by atoms with Crippen LogP contribution in [0.2, 0.25) is 0 Å². The van der Waals surface area contributed by atoms with E-state index in [1.54, 1.807) is 20.8 Å². The summed E-state index contributed by atoms with van der Waals surface area (Å²) in [5.41, 5.74) is 0.877. The Bertz CT molecular complexity index is 451. The smallest absolute Gasteiger partial charge is 0.326 e. The zero-order chi connectivity index (χ0) is 13.9. The van der Waals surface area contributed by atoms with Gasteiger partial charge in [-0.05, 0) is 19.3 Å². The molecule has 0 bridgehead atoms. The van der Waals surface area contributed by atoms with Gasteiger partial charge < -0.3 is 14.9 Å². The van der Waals surface area contributed by atoms with Crippen molar-refractivity contribution in [2.75, 3.05) is 0 Å². The Balaban J connectivity index is 2.94. The molecule has 0 aromatic carbocycles. The number of hydrogen-bond acceptors (Lipinski definition) is 4. The number of nitrogens with one attached hydrogen (secondary N) is 1. The second-order valence-electron chi connectivity index (χ2n) is 4.45. The van der Waals surface area contributed by atoms with E-state index in [0.29, 0.717) is 23.4 Å². The summed E-state index contributed by atoms with van der Waals surface area (Å²) in [6.45, 7) is 6.96. The van der Waals surface area contributed by atoms with Gasteiger partial charge in [0.25, 0.3) is 5.91 Å². The van der Waals surface area contributed by atoms with Crippen molar-refractivity contribution in [2.45, 2.75) is 40.2 Å². The van der Waals surface area contributed by atoms with Crippen LogP contribution in [0.4, 0.5) is 0 Å². The highest BCUT2D eigenvalue weighted by Crippen LogP contribution is 2.14. The fourth-order valence-electron chi connectivity index (χ4n) is 1.68. The maximum Gasteiger partial charge on any atom is 0.326 e. The first-order valence-electron chi connectivity index (χ1n) is 5.87. The molecule has 1 amide bonds. The average Bonchev–Trinajstić information content (AvgIpc) is 2.66. The summed E-state index contributed by atoms with van der Waals surface area (Å²) in [6.07, 6.45) is 0.555. The Kier molecular flexibility index (Phi) is 4.47. The predicted octanol–water partition coefficient (Wildman–Crippen LogP) is 1.38. The normalized spacial score (nSPS) is 12.5. The molecule has 1 heterocycles. The van der Waals surface area contributed by atoms with Crippen LogP contribution >= 0.6 is 0 Å². The number of carboxylic acid groups (broad SMARTS) is 1. The van der Waals surface area contributed by atoms with E-state index in [-0.39, 0.29) is 5.92 Å². The van der Waals surface area contributed by atoms with Gasteiger partial charge in [-0.1, -0.05) is 25.9 Å². The van der Waals surface area contributed by atoms with Crippen LogP contribution in [0.15, 0.2) is 4.52 Å². The molecule has 0 aliphatic rings. The predicted molar refractivity (Wildman–Crippen MR) is 64.3 cm³/mol. The van der Waals surface area contributed by atoms with Crippen LogP contribution in [0, 0.1) is 12.8 Å². The summed E-state index contributed by atoms with van der Waals surface area (Å²) < 4.78 is 4.95. The summed E-state index contributed by atoms with van der Waals surface area (Å²) in [7, 11) is 0. The number of aromatic nitrogens is 1. The fraction of sp³-hybridized carbons (Fsp3) is 0.583. The van der Waals surface area contributed by atoms with Crippen molar-refractivity contribution in [1.29, 1.82) is 0 Å². The monoisotopic (exact) mass is 254 g/mol. The van der Waals surface area contributed by atoms with Crippen molar-refractivity contribution in [3.05, 3.63) is 17.0 Å². The molecular weight excluding hydrogens is 236 g/mol. The van der Waals surface area contributed by atoms with Crippen LogP contribution in [0.3, 0.4) is 0 Å². The fourth-order valence-corrected chi connectivity index (χ4v) is 1.68. The Hall–Kier alpha value is -1.85. The molecule has 6 nitrogen and oxygen atoms in total. The van der Waals surface area contributed by atoms with Crippen LogP contribution in [-0.4, -0.2) is 28.2 Å². The third kappa shape index (κ3) is 2.88. The van der Waals surface area contributed by atoms with E-state index in [9.17, 15) is 9.59 Å². The topological polar surface area (TPSA) is 92.4 Å². The van der Waals surface area contributed by atoms with E-state index in [1.165, 1.54) is 0 Å². The quantitative estimate of drug-likeness (QED) is 0.828. The highest BCUT2D eigenvalue weighted by molar-refractivity contribution is 5.98. The molecule has 0 saturated heterocycles. The van der Waals surface area contributed by atoms with Crippen LogP contribution in [-0.2, 0) is 11.2 Å². The van der Waals surface area contributed by atoms with Crippen LogP contribution in [0.5, 0.6) is 0 Å². The second kappa shape index (κ2) is 5.66. The molecule has 1 aromatic rings. The molecule has 1 atom stereocenters. The van der Waals surface area contributed by atoms with Gasteiger partial charge in [-0.3, -0.25) is 4.79 Å². The van der Waals surface area contributed by atoms with Gasteiger partial charge >= 0.3 is 5.97 Å². The molecule has 100 valence electrons. The lowest BCUT2D eigenvalue weighted by atomic mass is 10.0. The maximum atomic E-state index is 12.1. The summed E-state index contributed by atoms with van der Waals surface area (Å²) in [6, 6.07) is -0.920. The highest BCUT2D eigenvalue weighted by Gasteiger charge is 2.27. The Morgan fingerprint density at radius 3 is 2.50 bits per heavy atom. The highest BCUT2D eigenvalue weighted by atomic mass is 16.5. The van der Waals surface area contributed by atoms with E-state index in [0.717, 1.165) is 0 Å². The third-order valence-electron chi connectivity index (χ3n) is 2.71. The van der Waals surface area contributed by atoms with Crippen molar-refractivity contribution in [3.63, 3.8) is 0 Å². The lowest BCUT2D eigenvalue weighted by Crippen LogP contribution is -2.44. The zero-order valence-electron chi connectivity index (χ0n) is 11.0. The molecule has 0 saturated carbocycles. The molecule has 0 unspecified atom stereocenters. The third-order valence-corrected chi connectivity index (χ3v) is 2.71. The van der Waals surface area contributed by atoms with Gasteiger partial charge in [0.1, 0.15) is 17.4 Å². The van der Waals surface area contributed by atoms with Crippen LogP contribution in [0.25, 0.3) is 0 Å². The van der Waals surface area contributed by atoms with Gasteiger partial charge in [0, 0.05) is 0 Å². The minimum absolute atomic E-state index is 0.198. The first-order chi connectivity index (χ1) is 8.38. The first-order valence-corrected chi connectivity index (χ1v) is 5.87. The number of carbonyl (C=O) groups is 2. The minimum atomic E-state index is -1.05. The summed E-state index contributed by atoms with van der Waals surface area (Å²) in [5, 5.41) is 15.3. The van der Waals surface area contributed by atoms with Gasteiger partial charge in [-0.15, -0.1) is 0 Å². The standard InChI is InChI=1S/C12H18N2O4/c1-5-8-9(7(4)18-14-8)11(15)13-10(6(2)3)12(16)17/h6,10H,5H2,1-4H3,(H,13,15)(H,16,17)/t10-/m1/s1. The van der Waals surface area contributed by atoms with E-state index in [4.69, 9.17) is 9.63 Å². The van der Waals surface area contributed by atoms with Crippen LogP contribution in [0.1, 0.15) is 42.6 Å². The summed E-state index contributed by atoms with van der Waals surface area (Å²) in [5.74, 6) is -1.30. The number of aryl methyl sites for hydroxylation is 2. The number of rotatable bonds is 5. The van der Waals surface area contributed by atoms with Gasteiger partial charge in [0.05, 0.1) is 5.69 Å². The van der Waals surface area contributed by atoms with Crippen molar-refractivity contribution in [1.82, 2.24) is 10.5 Å². The molecule has 0 aliphatic heterocycles. The molecule has 1 aromatic heterocycles. The Morgan fingerprint density at radius 2 is 2.06 bits per heavy atom. The molecule has 0 fully saturated rings. The van der Waals surface area contributed by atoms with E-state index in [2.05, 4.69) is 10.5 Å². The van der Waals surface area contributed by atoms with E-state index >= 15 is 0 Å². The van der Waals surface area contributed by atoms with E-state index in [1.807, 2.05) is 6.92 Å². The molecule has 1 rings (SSSR count). The van der Waals surface area contributed by atoms with E-state index < -0.39 is 17.9 Å². The van der Waals surface area contributed by atoms with Gasteiger partial charge in [0.15, 0.2) is 0 Å². The van der Waals surface area contributed by atoms with Crippen molar-refractivity contribution < 1.29 is 19.2 Å². The maximum absolute atomic E-state index is 12.1. The lowest BCUT2D eigenvalue weighted by Gasteiger charge is -2.17. The number of aliphatic carboxylic acids is 1. The minimum Gasteiger partial charge on any atom is -0.480 e. The molecule has 6 heteroatoms. The largest absolute Gasteiger partial charge is 0.480 e. The van der Waals surface area contributed by atoms with Crippen molar-refractivity contribution in [2.24, 2.45) is 5.92 Å². The Morgan fingerprint density at radius 1 is 1.44 bits per heavy atom. The van der Waals surface area contributed by atoms with Crippen LogP contribution < -0.4 is 5.32 Å².